The Kier molecular flexibility index (Phi) is 10.5. The molecule has 0 spiro atoms. The van der Waals surface area contributed by atoms with Crippen molar-refractivity contribution in [2.24, 2.45) is 0 Å². The van der Waals surface area contributed by atoms with Crippen molar-refractivity contribution in [3.63, 3.8) is 0 Å². The van der Waals surface area contributed by atoms with E-state index in [0.717, 1.165) is 27.9 Å². The minimum atomic E-state index is -4.85. The van der Waals surface area contributed by atoms with Crippen molar-refractivity contribution in [2.45, 2.75) is 38.0 Å². The van der Waals surface area contributed by atoms with Crippen molar-refractivity contribution in [1.29, 1.82) is 0 Å². The van der Waals surface area contributed by atoms with Crippen LogP contribution in [0.1, 0.15) is 24.1 Å². The highest BCUT2D eigenvalue weighted by Gasteiger charge is 2.37. The number of hydrogen-bond acceptors (Lipinski definition) is 7. The molecule has 0 unspecified atom stereocenters. The van der Waals surface area contributed by atoms with Crippen molar-refractivity contribution in [3.8, 4) is 10.6 Å². The molecule has 2 amide bonds. The summed E-state index contributed by atoms with van der Waals surface area (Å²) in [5.41, 5.74) is 2.48. The van der Waals surface area contributed by atoms with Crippen molar-refractivity contribution >= 4 is 52.0 Å². The predicted octanol–water partition coefficient (Wildman–Crippen LogP) is 4.86. The van der Waals surface area contributed by atoms with Crippen molar-refractivity contribution in [1.82, 2.24) is 15.6 Å². The standard InChI is InChI=1S/C24H24F3N3O3S3/c25-24(26,27)20(31)15-34-9-4-7-19(30-21(32)11-16-8-10-35-13-16)22(33)28-12-18-14-36-23(29-18)17-5-2-1-3-6-17/h1-3,5-6,8,10,13-14,19H,4,7,9,11-12,15H2,(H,28,33)(H,30,32)/t19-/m0/s1. The molecule has 0 bridgehead atoms. The molecule has 192 valence electrons. The van der Waals surface area contributed by atoms with E-state index in [2.05, 4.69) is 15.6 Å². The van der Waals surface area contributed by atoms with Crippen LogP contribution in [0.3, 0.4) is 0 Å². The van der Waals surface area contributed by atoms with E-state index >= 15 is 0 Å². The van der Waals surface area contributed by atoms with E-state index in [1.54, 1.807) is 0 Å². The molecule has 0 fully saturated rings. The van der Waals surface area contributed by atoms with Crippen LogP contribution in [0.15, 0.2) is 52.5 Å². The number of thiophene rings is 1. The third-order valence-electron chi connectivity index (χ3n) is 4.94. The number of aromatic nitrogens is 1. The smallest absolute Gasteiger partial charge is 0.349 e. The molecule has 2 heterocycles. The third kappa shape index (κ3) is 9.07. The summed E-state index contributed by atoms with van der Waals surface area (Å²) in [6, 6.07) is 10.6. The fraction of sp³-hybridized carbons (Fsp3) is 0.333. The van der Waals surface area contributed by atoms with Crippen LogP contribution in [0.25, 0.3) is 10.6 Å². The lowest BCUT2D eigenvalue weighted by Gasteiger charge is -2.18. The summed E-state index contributed by atoms with van der Waals surface area (Å²) in [6.07, 6.45) is -4.15. The first-order chi connectivity index (χ1) is 17.2. The Bertz CT molecular complexity index is 1140. The number of ketones is 1. The van der Waals surface area contributed by atoms with Gasteiger partial charge in [0.25, 0.3) is 0 Å². The minimum Gasteiger partial charge on any atom is -0.349 e. The molecule has 0 saturated carbocycles. The van der Waals surface area contributed by atoms with E-state index in [1.165, 1.54) is 22.7 Å². The molecule has 0 aliphatic heterocycles. The van der Waals surface area contributed by atoms with Gasteiger partial charge in [0.15, 0.2) is 0 Å². The van der Waals surface area contributed by atoms with E-state index < -0.39 is 29.7 Å². The van der Waals surface area contributed by atoms with Gasteiger partial charge in [-0.3, -0.25) is 14.4 Å². The van der Waals surface area contributed by atoms with Crippen LogP contribution in [-0.4, -0.2) is 46.3 Å². The topological polar surface area (TPSA) is 88.2 Å². The molecule has 6 nitrogen and oxygen atoms in total. The van der Waals surface area contributed by atoms with Crippen LogP contribution in [-0.2, 0) is 27.3 Å². The van der Waals surface area contributed by atoms with E-state index in [1.807, 2.05) is 52.5 Å². The minimum absolute atomic E-state index is 0.120. The molecule has 12 heteroatoms. The Morgan fingerprint density at radius 2 is 1.86 bits per heavy atom. The number of hydrogen-bond donors (Lipinski definition) is 2. The molecule has 1 aromatic carbocycles. The molecule has 2 N–H and O–H groups in total. The summed E-state index contributed by atoms with van der Waals surface area (Å²) in [6.45, 7) is 0.175. The average molecular weight is 556 g/mol. The van der Waals surface area contributed by atoms with Gasteiger partial charge < -0.3 is 10.6 Å². The van der Waals surface area contributed by atoms with Gasteiger partial charge in [-0.2, -0.15) is 36.3 Å². The number of alkyl halides is 3. The Hall–Kier alpha value is -2.70. The van der Waals surface area contributed by atoms with E-state index in [4.69, 9.17) is 0 Å². The van der Waals surface area contributed by atoms with Crippen LogP contribution < -0.4 is 10.6 Å². The quantitative estimate of drug-likeness (QED) is 0.294. The molecule has 0 radical (unpaired) electrons. The lowest BCUT2D eigenvalue weighted by atomic mass is 10.1. The summed E-state index contributed by atoms with van der Waals surface area (Å²) < 4.78 is 37.0. The third-order valence-corrected chi connectivity index (χ3v) is 7.66. The molecular formula is C24H24F3N3O3S3. The molecule has 0 aliphatic rings. The molecular weight excluding hydrogens is 531 g/mol. The summed E-state index contributed by atoms with van der Waals surface area (Å²) >= 11 is 3.77. The maximum absolute atomic E-state index is 12.9. The van der Waals surface area contributed by atoms with Crippen LogP contribution in [0, 0.1) is 0 Å². The maximum Gasteiger partial charge on any atom is 0.450 e. The van der Waals surface area contributed by atoms with Crippen LogP contribution >= 0.6 is 34.4 Å². The number of amides is 2. The number of thioether (sulfide) groups is 1. The summed E-state index contributed by atoms with van der Waals surface area (Å²) in [5.74, 6) is -2.94. The zero-order valence-corrected chi connectivity index (χ0v) is 21.5. The highest BCUT2D eigenvalue weighted by atomic mass is 32.2. The average Bonchev–Trinajstić information content (AvgIpc) is 3.53. The molecule has 2 aromatic heterocycles. The monoisotopic (exact) mass is 555 g/mol. The normalized spacial score (nSPS) is 12.2. The largest absolute Gasteiger partial charge is 0.450 e. The van der Waals surface area contributed by atoms with Gasteiger partial charge in [0.2, 0.25) is 17.6 Å². The fourth-order valence-corrected chi connectivity index (χ4v) is 5.49. The number of carbonyl (C=O) groups excluding carboxylic acids is 3. The van der Waals surface area contributed by atoms with Gasteiger partial charge >= 0.3 is 6.18 Å². The van der Waals surface area contributed by atoms with Gasteiger partial charge in [-0.05, 0) is 41.0 Å². The van der Waals surface area contributed by atoms with Crippen LogP contribution in [0.5, 0.6) is 0 Å². The van der Waals surface area contributed by atoms with Crippen molar-refractivity contribution in [2.75, 3.05) is 11.5 Å². The molecule has 3 rings (SSSR count). The Morgan fingerprint density at radius 3 is 2.56 bits per heavy atom. The Balaban J connectivity index is 1.53. The number of rotatable bonds is 13. The SMILES string of the molecule is O=C(Cc1ccsc1)N[C@@H](CCCSCC(=O)C(F)(F)F)C(=O)NCc1csc(-c2ccccc2)n1. The van der Waals surface area contributed by atoms with Crippen LogP contribution in [0.2, 0.25) is 0 Å². The first-order valence-corrected chi connectivity index (χ1v) is 14.0. The lowest BCUT2D eigenvalue weighted by Crippen LogP contribution is -2.47. The zero-order chi connectivity index (χ0) is 26.0. The zero-order valence-electron chi connectivity index (χ0n) is 19.0. The van der Waals surface area contributed by atoms with Gasteiger partial charge in [-0.25, -0.2) is 4.98 Å². The lowest BCUT2D eigenvalue weighted by molar-refractivity contribution is -0.167. The number of benzene rings is 1. The molecule has 1 atom stereocenters. The first-order valence-electron chi connectivity index (χ1n) is 11.0. The van der Waals surface area contributed by atoms with Gasteiger partial charge in [-0.1, -0.05) is 30.3 Å². The van der Waals surface area contributed by atoms with Crippen molar-refractivity contribution in [3.05, 3.63) is 63.8 Å². The highest BCUT2D eigenvalue weighted by Crippen LogP contribution is 2.23. The first kappa shape index (κ1) is 27.9. The summed E-state index contributed by atoms with van der Waals surface area (Å²) in [5, 5.41) is 11.9. The van der Waals surface area contributed by atoms with Gasteiger partial charge in [-0.15, -0.1) is 11.3 Å². The molecule has 3 aromatic rings. The second-order valence-corrected chi connectivity index (χ2v) is 10.5. The molecule has 0 aliphatic carbocycles. The summed E-state index contributed by atoms with van der Waals surface area (Å²) in [4.78, 5) is 40.9. The summed E-state index contributed by atoms with van der Waals surface area (Å²) in [7, 11) is 0. The number of thiazole rings is 1. The van der Waals surface area contributed by atoms with Gasteiger partial charge in [0.05, 0.1) is 24.4 Å². The van der Waals surface area contributed by atoms with Crippen LogP contribution in [0.4, 0.5) is 13.2 Å². The maximum atomic E-state index is 12.9. The van der Waals surface area contributed by atoms with E-state index in [9.17, 15) is 27.6 Å². The number of Topliss-reactive ketones (excluding diaryl/α,β-unsaturated/α-hetero) is 1. The Labute approximate surface area is 218 Å². The van der Waals surface area contributed by atoms with Gasteiger partial charge in [0.1, 0.15) is 11.0 Å². The van der Waals surface area contributed by atoms with E-state index in [0.29, 0.717) is 12.1 Å². The number of carbonyl (C=O) groups is 3. The second-order valence-electron chi connectivity index (χ2n) is 7.77. The number of nitrogens with one attached hydrogen (secondary N) is 2. The van der Waals surface area contributed by atoms with Gasteiger partial charge in [0, 0.05) is 10.9 Å². The number of halogens is 3. The Morgan fingerprint density at radius 1 is 1.08 bits per heavy atom. The number of nitrogens with zero attached hydrogens (tertiary/aromatic N) is 1. The molecule has 0 saturated heterocycles. The fourth-order valence-electron chi connectivity index (χ4n) is 3.13. The molecule has 36 heavy (non-hydrogen) atoms. The predicted molar refractivity (Wildman–Crippen MR) is 137 cm³/mol. The highest BCUT2D eigenvalue weighted by molar-refractivity contribution is 7.99. The van der Waals surface area contributed by atoms with Crippen molar-refractivity contribution < 1.29 is 27.6 Å². The van der Waals surface area contributed by atoms with E-state index in [-0.39, 0.29) is 31.0 Å². The second kappa shape index (κ2) is 13.6.